The van der Waals surface area contributed by atoms with Crippen LogP contribution in [0.5, 0.6) is 0 Å². The Labute approximate surface area is 92.6 Å². The monoisotopic (exact) mass is 232 g/mol. The average Bonchev–Trinajstić information content (AvgIpc) is 2.63. The molecule has 0 N–H and O–H groups in total. The fraction of sp³-hybridized carbons (Fsp3) is 0.750. The van der Waals surface area contributed by atoms with Crippen molar-refractivity contribution in [3.05, 3.63) is 11.6 Å². The van der Waals surface area contributed by atoms with Crippen LogP contribution in [0.1, 0.15) is 0 Å². The molecule has 0 unspecified atom stereocenters. The molecule has 78 valence electrons. The van der Waals surface area contributed by atoms with Gasteiger partial charge in [0.1, 0.15) is 6.33 Å². The first-order chi connectivity index (χ1) is 6.86. The van der Waals surface area contributed by atoms with Gasteiger partial charge in [0.25, 0.3) is 0 Å². The lowest BCUT2D eigenvalue weighted by Crippen LogP contribution is -2.35. The first kappa shape index (κ1) is 10.3. The van der Waals surface area contributed by atoms with Gasteiger partial charge in [-0.2, -0.15) is 11.8 Å². The van der Waals surface area contributed by atoms with Crippen molar-refractivity contribution in [2.45, 2.75) is 6.54 Å². The van der Waals surface area contributed by atoms with Crippen molar-refractivity contribution in [3.8, 4) is 0 Å². The first-order valence-corrected chi connectivity index (χ1v) is 6.23. The highest BCUT2D eigenvalue weighted by Crippen LogP contribution is 2.09. The van der Waals surface area contributed by atoms with Gasteiger partial charge in [-0.15, -0.1) is 10.2 Å². The molecule has 14 heavy (non-hydrogen) atoms. The molecule has 2 heterocycles. The standard InChI is InChI=1S/C8H13ClN4S/c9-8-11-10-7-13(8)2-1-12-3-5-14-6-4-12/h7H,1-6H2. The van der Waals surface area contributed by atoms with Crippen molar-refractivity contribution >= 4 is 23.4 Å². The second kappa shape index (κ2) is 5.00. The highest BCUT2D eigenvalue weighted by atomic mass is 35.5. The number of thioether (sulfide) groups is 1. The Kier molecular flexibility index (Phi) is 3.67. The molecule has 1 fully saturated rings. The van der Waals surface area contributed by atoms with Gasteiger partial charge in [0.15, 0.2) is 0 Å². The fourth-order valence-electron chi connectivity index (χ4n) is 1.46. The number of aromatic nitrogens is 3. The number of hydrogen-bond acceptors (Lipinski definition) is 4. The van der Waals surface area contributed by atoms with Gasteiger partial charge in [-0.3, -0.25) is 4.90 Å². The zero-order valence-corrected chi connectivity index (χ0v) is 9.47. The van der Waals surface area contributed by atoms with Crippen LogP contribution in [-0.2, 0) is 6.54 Å². The maximum absolute atomic E-state index is 5.82. The van der Waals surface area contributed by atoms with E-state index in [2.05, 4.69) is 15.1 Å². The van der Waals surface area contributed by atoms with Crippen molar-refractivity contribution in [2.75, 3.05) is 31.1 Å². The molecule has 1 aliphatic rings. The summed E-state index contributed by atoms with van der Waals surface area (Å²) < 4.78 is 1.88. The fourth-order valence-corrected chi connectivity index (χ4v) is 2.62. The Bertz CT molecular complexity index is 285. The summed E-state index contributed by atoms with van der Waals surface area (Å²) in [7, 11) is 0. The van der Waals surface area contributed by atoms with E-state index in [0.717, 1.165) is 13.1 Å². The molecular formula is C8H13ClN4S. The van der Waals surface area contributed by atoms with Crippen molar-refractivity contribution in [1.82, 2.24) is 19.7 Å². The van der Waals surface area contributed by atoms with E-state index in [4.69, 9.17) is 11.6 Å². The summed E-state index contributed by atoms with van der Waals surface area (Å²) >= 11 is 7.85. The van der Waals surface area contributed by atoms with Crippen molar-refractivity contribution in [1.29, 1.82) is 0 Å². The van der Waals surface area contributed by atoms with E-state index < -0.39 is 0 Å². The number of nitrogens with zero attached hydrogens (tertiary/aromatic N) is 4. The maximum Gasteiger partial charge on any atom is 0.224 e. The van der Waals surface area contributed by atoms with Crippen LogP contribution in [0.2, 0.25) is 5.28 Å². The van der Waals surface area contributed by atoms with Crippen molar-refractivity contribution in [3.63, 3.8) is 0 Å². The minimum atomic E-state index is 0.483. The Hall–Kier alpha value is -0.260. The molecule has 0 radical (unpaired) electrons. The smallest absolute Gasteiger partial charge is 0.224 e. The van der Waals surface area contributed by atoms with E-state index in [0.29, 0.717) is 5.28 Å². The molecule has 0 saturated carbocycles. The van der Waals surface area contributed by atoms with Crippen LogP contribution in [0.15, 0.2) is 6.33 Å². The quantitative estimate of drug-likeness (QED) is 0.778. The summed E-state index contributed by atoms with van der Waals surface area (Å²) in [5.74, 6) is 2.49. The molecule has 0 aromatic carbocycles. The normalized spacial score (nSPS) is 18.6. The average molecular weight is 233 g/mol. The minimum absolute atomic E-state index is 0.483. The number of rotatable bonds is 3. The molecule has 0 bridgehead atoms. The second-order valence-corrected chi connectivity index (χ2v) is 4.81. The van der Waals surface area contributed by atoms with E-state index >= 15 is 0 Å². The summed E-state index contributed by atoms with van der Waals surface area (Å²) in [5.41, 5.74) is 0. The van der Waals surface area contributed by atoms with Gasteiger partial charge in [0.2, 0.25) is 5.28 Å². The molecule has 1 saturated heterocycles. The minimum Gasteiger partial charge on any atom is -0.303 e. The van der Waals surface area contributed by atoms with Crippen LogP contribution < -0.4 is 0 Å². The van der Waals surface area contributed by atoms with E-state index in [1.807, 2.05) is 16.3 Å². The van der Waals surface area contributed by atoms with E-state index in [9.17, 15) is 0 Å². The first-order valence-electron chi connectivity index (χ1n) is 4.69. The topological polar surface area (TPSA) is 34.0 Å². The Morgan fingerprint density at radius 1 is 1.36 bits per heavy atom. The summed E-state index contributed by atoms with van der Waals surface area (Å²) in [6.07, 6.45) is 1.68. The van der Waals surface area contributed by atoms with Crippen LogP contribution in [-0.4, -0.2) is 50.8 Å². The van der Waals surface area contributed by atoms with Gasteiger partial charge in [-0.25, -0.2) is 0 Å². The Balaban J connectivity index is 1.79. The SMILES string of the molecule is Clc1nncn1CCN1CCSCC1. The molecule has 4 nitrogen and oxygen atoms in total. The lowest BCUT2D eigenvalue weighted by atomic mass is 10.4. The predicted molar refractivity (Wildman–Crippen MR) is 58.8 cm³/mol. The van der Waals surface area contributed by atoms with Crippen molar-refractivity contribution in [2.24, 2.45) is 0 Å². The molecule has 0 amide bonds. The van der Waals surface area contributed by atoms with Crippen LogP contribution in [0.25, 0.3) is 0 Å². The van der Waals surface area contributed by atoms with Gasteiger partial charge in [-0.05, 0) is 11.6 Å². The Morgan fingerprint density at radius 2 is 2.14 bits per heavy atom. The van der Waals surface area contributed by atoms with E-state index in [1.54, 1.807) is 6.33 Å². The third-order valence-corrected chi connectivity index (χ3v) is 3.56. The van der Waals surface area contributed by atoms with Crippen LogP contribution >= 0.6 is 23.4 Å². The van der Waals surface area contributed by atoms with Gasteiger partial charge in [0.05, 0.1) is 0 Å². The van der Waals surface area contributed by atoms with Crippen LogP contribution in [0.4, 0.5) is 0 Å². The molecule has 6 heteroatoms. The lowest BCUT2D eigenvalue weighted by molar-refractivity contribution is 0.289. The molecule has 0 atom stereocenters. The van der Waals surface area contributed by atoms with Crippen LogP contribution in [0.3, 0.4) is 0 Å². The zero-order chi connectivity index (χ0) is 9.80. The molecule has 1 aromatic heterocycles. The molecule has 0 aliphatic carbocycles. The van der Waals surface area contributed by atoms with Crippen molar-refractivity contribution < 1.29 is 0 Å². The zero-order valence-electron chi connectivity index (χ0n) is 7.90. The third kappa shape index (κ3) is 2.62. The van der Waals surface area contributed by atoms with Crippen LogP contribution in [0, 0.1) is 0 Å². The lowest BCUT2D eigenvalue weighted by Gasteiger charge is -2.25. The summed E-state index contributed by atoms with van der Waals surface area (Å²) in [6, 6.07) is 0. The van der Waals surface area contributed by atoms with E-state index in [1.165, 1.54) is 24.6 Å². The maximum atomic E-state index is 5.82. The summed E-state index contributed by atoms with van der Waals surface area (Å²) in [5, 5.41) is 7.96. The molecule has 1 aliphatic heterocycles. The largest absolute Gasteiger partial charge is 0.303 e. The molecule has 2 rings (SSSR count). The molecular weight excluding hydrogens is 220 g/mol. The third-order valence-electron chi connectivity index (χ3n) is 2.33. The summed E-state index contributed by atoms with van der Waals surface area (Å²) in [4.78, 5) is 2.45. The number of hydrogen-bond donors (Lipinski definition) is 0. The molecule has 0 spiro atoms. The van der Waals surface area contributed by atoms with Gasteiger partial charge >= 0.3 is 0 Å². The van der Waals surface area contributed by atoms with Gasteiger partial charge < -0.3 is 4.57 Å². The van der Waals surface area contributed by atoms with Gasteiger partial charge in [-0.1, -0.05) is 0 Å². The van der Waals surface area contributed by atoms with E-state index in [-0.39, 0.29) is 0 Å². The highest BCUT2D eigenvalue weighted by Gasteiger charge is 2.10. The van der Waals surface area contributed by atoms with Gasteiger partial charge in [0, 0.05) is 37.7 Å². The number of halogens is 1. The second-order valence-electron chi connectivity index (χ2n) is 3.25. The summed E-state index contributed by atoms with van der Waals surface area (Å²) in [6.45, 7) is 4.30. The highest BCUT2D eigenvalue weighted by molar-refractivity contribution is 7.99. The Morgan fingerprint density at radius 3 is 2.79 bits per heavy atom. The molecule has 1 aromatic rings. The predicted octanol–water partition coefficient (Wildman–Crippen LogP) is 0.980.